The van der Waals surface area contributed by atoms with Crippen molar-refractivity contribution in [2.75, 3.05) is 6.54 Å². The lowest BCUT2D eigenvalue weighted by Gasteiger charge is -2.06. The molecule has 0 fully saturated rings. The average Bonchev–Trinajstić information content (AvgIpc) is 2.85. The summed E-state index contributed by atoms with van der Waals surface area (Å²) in [6, 6.07) is 9.59. The molecule has 1 aromatic carbocycles. The normalized spacial score (nSPS) is 10.7. The van der Waals surface area contributed by atoms with Crippen LogP contribution in [0.4, 0.5) is 0 Å². The number of aromatic nitrogens is 1. The summed E-state index contributed by atoms with van der Waals surface area (Å²) < 4.78 is 5.65. The summed E-state index contributed by atoms with van der Waals surface area (Å²) in [4.78, 5) is 17.2. The average molecular weight is 304 g/mol. The van der Waals surface area contributed by atoms with Crippen molar-refractivity contribution < 1.29 is 9.53 Å². The van der Waals surface area contributed by atoms with Crippen LogP contribution in [0.1, 0.15) is 34.2 Å². The molecule has 5 heteroatoms. The summed E-state index contributed by atoms with van der Waals surface area (Å²) in [5.41, 5.74) is 0.757. The van der Waals surface area contributed by atoms with Gasteiger partial charge in [-0.3, -0.25) is 4.79 Å². The number of benzene rings is 1. The van der Waals surface area contributed by atoms with Crippen molar-refractivity contribution in [1.82, 2.24) is 10.3 Å². The minimum absolute atomic E-state index is 0.0512. The fourth-order valence-corrected chi connectivity index (χ4v) is 2.66. The van der Waals surface area contributed by atoms with Gasteiger partial charge in [-0.15, -0.1) is 11.3 Å². The van der Waals surface area contributed by atoms with Gasteiger partial charge in [0.15, 0.2) is 0 Å². The first-order chi connectivity index (χ1) is 10.1. The van der Waals surface area contributed by atoms with E-state index < -0.39 is 0 Å². The Hall–Kier alpha value is -1.88. The molecule has 0 unspecified atom stereocenters. The highest BCUT2D eigenvalue weighted by molar-refractivity contribution is 7.13. The molecule has 2 rings (SSSR count). The fraction of sp³-hybridized carbons (Fsp3) is 0.375. The third-order valence-corrected chi connectivity index (χ3v) is 3.95. The number of aryl methyl sites for hydroxylation is 1. The maximum Gasteiger partial charge on any atom is 0.263 e. The molecule has 0 atom stereocenters. The molecule has 0 aliphatic carbocycles. The van der Waals surface area contributed by atoms with E-state index in [-0.39, 0.29) is 5.91 Å². The van der Waals surface area contributed by atoms with Gasteiger partial charge in [0.05, 0.1) is 5.69 Å². The zero-order valence-electron chi connectivity index (χ0n) is 12.6. The van der Waals surface area contributed by atoms with Gasteiger partial charge in [-0.1, -0.05) is 32.0 Å². The quantitative estimate of drug-likeness (QED) is 0.889. The van der Waals surface area contributed by atoms with Gasteiger partial charge in [-0.2, -0.15) is 0 Å². The number of nitrogens with one attached hydrogen (secondary N) is 1. The Morgan fingerprint density at radius 2 is 2.05 bits per heavy atom. The van der Waals surface area contributed by atoms with Gasteiger partial charge in [-0.05, 0) is 25.0 Å². The largest absolute Gasteiger partial charge is 0.486 e. The fourth-order valence-electron chi connectivity index (χ4n) is 1.76. The molecule has 4 nitrogen and oxygen atoms in total. The Morgan fingerprint density at radius 3 is 2.71 bits per heavy atom. The van der Waals surface area contributed by atoms with Crippen LogP contribution in [0.25, 0.3) is 0 Å². The van der Waals surface area contributed by atoms with E-state index in [0.29, 0.717) is 23.9 Å². The molecule has 1 amide bonds. The number of carbonyl (C=O) groups excluding carboxylic acids is 1. The molecule has 1 aromatic heterocycles. The van der Waals surface area contributed by atoms with Crippen LogP contribution in [0.5, 0.6) is 5.75 Å². The van der Waals surface area contributed by atoms with Gasteiger partial charge in [0.25, 0.3) is 5.91 Å². The second kappa shape index (κ2) is 7.22. The van der Waals surface area contributed by atoms with E-state index in [9.17, 15) is 4.79 Å². The van der Waals surface area contributed by atoms with E-state index in [0.717, 1.165) is 16.5 Å². The second-order valence-electron chi connectivity index (χ2n) is 5.23. The highest BCUT2D eigenvalue weighted by atomic mass is 32.1. The van der Waals surface area contributed by atoms with Gasteiger partial charge < -0.3 is 10.1 Å². The molecule has 112 valence electrons. The monoisotopic (exact) mass is 304 g/mol. The predicted molar refractivity (Wildman–Crippen MR) is 84.8 cm³/mol. The topological polar surface area (TPSA) is 51.2 Å². The molecule has 0 saturated heterocycles. The first-order valence-corrected chi connectivity index (χ1v) is 7.80. The summed E-state index contributed by atoms with van der Waals surface area (Å²) in [5, 5.41) is 3.73. The smallest absolute Gasteiger partial charge is 0.263 e. The summed E-state index contributed by atoms with van der Waals surface area (Å²) in [6.07, 6.45) is 0. The van der Waals surface area contributed by atoms with E-state index in [1.165, 1.54) is 11.3 Å². The van der Waals surface area contributed by atoms with E-state index in [1.54, 1.807) is 0 Å². The zero-order chi connectivity index (χ0) is 15.2. The summed E-state index contributed by atoms with van der Waals surface area (Å²) in [7, 11) is 0. The molecule has 0 bridgehead atoms. The van der Waals surface area contributed by atoms with Crippen LogP contribution in [-0.4, -0.2) is 17.4 Å². The van der Waals surface area contributed by atoms with E-state index in [2.05, 4.69) is 24.1 Å². The minimum atomic E-state index is -0.0512. The number of nitrogens with zero attached hydrogens (tertiary/aromatic N) is 1. The molecule has 0 aliphatic rings. The van der Waals surface area contributed by atoms with Crippen molar-refractivity contribution >= 4 is 17.2 Å². The van der Waals surface area contributed by atoms with Crippen molar-refractivity contribution in [2.45, 2.75) is 27.4 Å². The highest BCUT2D eigenvalue weighted by Gasteiger charge is 2.15. The predicted octanol–water partition coefficient (Wildman–Crippen LogP) is 3.42. The van der Waals surface area contributed by atoms with Crippen molar-refractivity contribution in [3.63, 3.8) is 0 Å². The Bertz CT molecular complexity index is 594. The molecule has 2 aromatic rings. The lowest BCUT2D eigenvalue weighted by atomic mass is 10.2. The van der Waals surface area contributed by atoms with Crippen molar-refractivity contribution in [2.24, 2.45) is 5.92 Å². The van der Waals surface area contributed by atoms with Gasteiger partial charge in [-0.25, -0.2) is 4.98 Å². The zero-order valence-corrected chi connectivity index (χ0v) is 13.4. The van der Waals surface area contributed by atoms with Crippen molar-refractivity contribution in [1.29, 1.82) is 0 Å². The molecule has 0 aliphatic heterocycles. The van der Waals surface area contributed by atoms with Crippen molar-refractivity contribution in [3.8, 4) is 5.75 Å². The number of ether oxygens (including phenoxy) is 1. The Morgan fingerprint density at radius 1 is 1.33 bits per heavy atom. The summed E-state index contributed by atoms with van der Waals surface area (Å²) in [6.45, 7) is 7.05. The first-order valence-electron chi connectivity index (χ1n) is 6.98. The van der Waals surface area contributed by atoms with Gasteiger partial charge >= 0.3 is 0 Å². The van der Waals surface area contributed by atoms with Crippen LogP contribution in [-0.2, 0) is 6.61 Å². The van der Waals surface area contributed by atoms with Gasteiger partial charge in [0, 0.05) is 6.54 Å². The lowest BCUT2D eigenvalue weighted by molar-refractivity contribution is 0.0952. The summed E-state index contributed by atoms with van der Waals surface area (Å²) >= 11 is 1.39. The van der Waals surface area contributed by atoms with Crippen molar-refractivity contribution in [3.05, 3.63) is 45.9 Å². The molecule has 0 radical (unpaired) electrons. The van der Waals surface area contributed by atoms with Crippen LogP contribution in [0.15, 0.2) is 30.3 Å². The second-order valence-corrected chi connectivity index (χ2v) is 6.31. The van der Waals surface area contributed by atoms with Crippen LogP contribution in [0, 0.1) is 12.8 Å². The van der Waals surface area contributed by atoms with E-state index >= 15 is 0 Å². The third kappa shape index (κ3) is 4.56. The molecule has 0 spiro atoms. The number of amides is 1. The molecular formula is C16H20N2O2S. The minimum Gasteiger partial charge on any atom is -0.486 e. The standard InChI is InChI=1S/C16H20N2O2S/c1-11(2)9-17-16(19)15-12(3)18-14(21-15)10-20-13-7-5-4-6-8-13/h4-8,11H,9-10H2,1-3H3,(H,17,19). The number of rotatable bonds is 6. The first kappa shape index (κ1) is 15.5. The van der Waals surface area contributed by atoms with Crippen LogP contribution in [0.3, 0.4) is 0 Å². The number of para-hydroxylation sites is 1. The maximum absolute atomic E-state index is 12.1. The molecular weight excluding hydrogens is 284 g/mol. The molecule has 1 heterocycles. The highest BCUT2D eigenvalue weighted by Crippen LogP contribution is 2.20. The Balaban J connectivity index is 1.97. The number of carbonyl (C=O) groups is 1. The number of thiazole rings is 1. The Kier molecular flexibility index (Phi) is 5.33. The maximum atomic E-state index is 12.1. The third-order valence-electron chi connectivity index (χ3n) is 2.82. The van der Waals surface area contributed by atoms with Crippen LogP contribution >= 0.6 is 11.3 Å². The lowest BCUT2D eigenvalue weighted by Crippen LogP contribution is -2.27. The van der Waals surface area contributed by atoms with Crippen LogP contribution < -0.4 is 10.1 Å². The number of hydrogen-bond acceptors (Lipinski definition) is 4. The number of hydrogen-bond donors (Lipinski definition) is 1. The SMILES string of the molecule is Cc1nc(COc2ccccc2)sc1C(=O)NCC(C)C. The molecule has 21 heavy (non-hydrogen) atoms. The Labute approximate surface area is 129 Å². The van der Waals surface area contributed by atoms with E-state index in [4.69, 9.17) is 4.74 Å². The van der Waals surface area contributed by atoms with E-state index in [1.807, 2.05) is 37.3 Å². The molecule has 1 N–H and O–H groups in total. The summed E-state index contributed by atoms with van der Waals surface area (Å²) in [5.74, 6) is 1.18. The van der Waals surface area contributed by atoms with Crippen LogP contribution in [0.2, 0.25) is 0 Å². The van der Waals surface area contributed by atoms with Gasteiger partial charge in [0.2, 0.25) is 0 Å². The van der Waals surface area contributed by atoms with Gasteiger partial charge in [0.1, 0.15) is 22.2 Å². The molecule has 0 saturated carbocycles.